The molecule has 1 amide bonds. The van der Waals surface area contributed by atoms with Crippen LogP contribution < -0.4 is 14.8 Å². The van der Waals surface area contributed by atoms with E-state index in [1.165, 1.54) is 49.6 Å². The Bertz CT molecular complexity index is 927. The van der Waals surface area contributed by atoms with Gasteiger partial charge in [-0.2, -0.15) is 0 Å². The van der Waals surface area contributed by atoms with Crippen LogP contribution in [0.2, 0.25) is 0 Å². The molecule has 0 saturated carbocycles. The molecule has 0 fully saturated rings. The number of nitrogens with zero attached hydrogens (tertiary/aromatic N) is 1. The van der Waals surface area contributed by atoms with Crippen molar-refractivity contribution in [2.24, 2.45) is 0 Å². The number of nitro groups is 1. The molecule has 0 unspecified atom stereocenters. The zero-order valence-electron chi connectivity index (χ0n) is 13.3. The highest BCUT2D eigenvalue weighted by Crippen LogP contribution is 2.29. The van der Waals surface area contributed by atoms with E-state index >= 15 is 0 Å². The summed E-state index contributed by atoms with van der Waals surface area (Å²) in [5.41, 5.74) is 0.0832. The number of methoxy groups -OCH3 is 1. The molecule has 0 saturated heterocycles. The molecular formula is C15H15N3O6S. The fraction of sp³-hybridized carbons (Fsp3) is 0.133. The molecule has 0 aromatic heterocycles. The van der Waals surface area contributed by atoms with Gasteiger partial charge in [-0.3, -0.25) is 19.6 Å². The van der Waals surface area contributed by atoms with Crippen molar-refractivity contribution in [2.75, 3.05) is 23.4 Å². The van der Waals surface area contributed by atoms with E-state index in [0.717, 1.165) is 6.26 Å². The van der Waals surface area contributed by atoms with Crippen LogP contribution in [0, 0.1) is 10.1 Å². The minimum absolute atomic E-state index is 0.0928. The second-order valence-corrected chi connectivity index (χ2v) is 6.77. The molecule has 2 N–H and O–H groups in total. The number of amides is 1. The van der Waals surface area contributed by atoms with Crippen LogP contribution in [0.25, 0.3) is 0 Å². The second-order valence-electron chi connectivity index (χ2n) is 5.02. The molecule has 0 aliphatic rings. The summed E-state index contributed by atoms with van der Waals surface area (Å²) in [6, 6.07) is 9.81. The van der Waals surface area contributed by atoms with Crippen LogP contribution in [0.5, 0.6) is 5.75 Å². The predicted molar refractivity (Wildman–Crippen MR) is 92.5 cm³/mol. The van der Waals surface area contributed by atoms with Gasteiger partial charge in [0.2, 0.25) is 10.0 Å². The number of benzene rings is 2. The number of hydrogen-bond donors (Lipinski definition) is 2. The maximum atomic E-state index is 12.3. The number of hydrogen-bond acceptors (Lipinski definition) is 6. The minimum Gasteiger partial charge on any atom is -0.494 e. The van der Waals surface area contributed by atoms with Gasteiger partial charge in [-0.05, 0) is 18.2 Å². The molecule has 2 rings (SSSR count). The highest BCUT2D eigenvalue weighted by Gasteiger charge is 2.19. The molecule has 0 aliphatic heterocycles. The lowest BCUT2D eigenvalue weighted by atomic mass is 10.1. The maximum Gasteiger partial charge on any atom is 0.282 e. The third kappa shape index (κ3) is 4.67. The summed E-state index contributed by atoms with van der Waals surface area (Å²) in [4.78, 5) is 22.6. The summed E-state index contributed by atoms with van der Waals surface area (Å²) in [6.45, 7) is 0. The van der Waals surface area contributed by atoms with E-state index in [0.29, 0.717) is 5.69 Å². The third-order valence-electron chi connectivity index (χ3n) is 3.10. The fourth-order valence-electron chi connectivity index (χ4n) is 2.08. The van der Waals surface area contributed by atoms with Crippen molar-refractivity contribution in [3.05, 3.63) is 58.1 Å². The van der Waals surface area contributed by atoms with Gasteiger partial charge in [0.15, 0.2) is 0 Å². The quantitative estimate of drug-likeness (QED) is 0.597. The van der Waals surface area contributed by atoms with Crippen molar-refractivity contribution in [1.29, 1.82) is 0 Å². The summed E-state index contributed by atoms with van der Waals surface area (Å²) >= 11 is 0. The van der Waals surface area contributed by atoms with Gasteiger partial charge in [0.1, 0.15) is 11.3 Å². The Hall–Kier alpha value is -3.14. The van der Waals surface area contributed by atoms with Gasteiger partial charge in [-0.1, -0.05) is 12.1 Å². The summed E-state index contributed by atoms with van der Waals surface area (Å²) < 4.78 is 30.0. The minimum atomic E-state index is -3.50. The first kappa shape index (κ1) is 18.2. The number of anilines is 2. The molecule has 0 aliphatic carbocycles. The fourth-order valence-corrected chi connectivity index (χ4v) is 2.64. The van der Waals surface area contributed by atoms with Crippen LogP contribution in [0.3, 0.4) is 0 Å². The topological polar surface area (TPSA) is 128 Å². The van der Waals surface area contributed by atoms with E-state index in [1.54, 1.807) is 0 Å². The molecule has 2 aromatic carbocycles. The molecular weight excluding hydrogens is 350 g/mol. The number of sulfonamides is 1. The lowest BCUT2D eigenvalue weighted by molar-refractivity contribution is -0.385. The Labute approximate surface area is 143 Å². The lowest BCUT2D eigenvalue weighted by Gasteiger charge is -2.12. The first-order valence-electron chi connectivity index (χ1n) is 6.92. The lowest BCUT2D eigenvalue weighted by Crippen LogP contribution is -2.14. The van der Waals surface area contributed by atoms with E-state index in [4.69, 9.17) is 4.74 Å². The number of ether oxygens (including phenoxy) is 1. The highest BCUT2D eigenvalue weighted by atomic mass is 32.2. The number of carbonyl (C=O) groups excluding carboxylic acids is 1. The van der Waals surface area contributed by atoms with Crippen LogP contribution >= 0.6 is 0 Å². The second kappa shape index (κ2) is 7.18. The Morgan fingerprint density at radius 1 is 1.20 bits per heavy atom. The van der Waals surface area contributed by atoms with Crippen LogP contribution in [-0.4, -0.2) is 32.6 Å². The van der Waals surface area contributed by atoms with Gasteiger partial charge < -0.3 is 10.1 Å². The Morgan fingerprint density at radius 2 is 1.88 bits per heavy atom. The van der Waals surface area contributed by atoms with E-state index in [-0.39, 0.29) is 22.7 Å². The molecule has 0 heterocycles. The van der Waals surface area contributed by atoms with Crippen LogP contribution in [0.15, 0.2) is 42.5 Å². The number of rotatable bonds is 6. The van der Waals surface area contributed by atoms with Gasteiger partial charge in [0.25, 0.3) is 11.6 Å². The van der Waals surface area contributed by atoms with Gasteiger partial charge >= 0.3 is 0 Å². The summed E-state index contributed by atoms with van der Waals surface area (Å²) in [5.74, 6) is -0.482. The van der Waals surface area contributed by atoms with Gasteiger partial charge in [0, 0.05) is 17.8 Å². The maximum absolute atomic E-state index is 12.3. The molecule has 0 bridgehead atoms. The molecule has 2 aromatic rings. The number of nitrogens with one attached hydrogen (secondary N) is 2. The number of para-hydroxylation sites is 1. The summed E-state index contributed by atoms with van der Waals surface area (Å²) in [5, 5.41) is 13.5. The Kier molecular flexibility index (Phi) is 5.22. The molecule has 132 valence electrons. The van der Waals surface area contributed by atoms with Crippen LogP contribution in [0.1, 0.15) is 10.4 Å². The van der Waals surface area contributed by atoms with Crippen molar-refractivity contribution >= 4 is 33.0 Å². The average Bonchev–Trinajstić information content (AvgIpc) is 2.54. The van der Waals surface area contributed by atoms with Crippen molar-refractivity contribution in [3.63, 3.8) is 0 Å². The SMILES string of the molecule is COc1cc(NC(=O)c2ccccc2[N+](=O)[O-])ccc1NS(C)(=O)=O. The van der Waals surface area contributed by atoms with Crippen LogP contribution in [0.4, 0.5) is 17.1 Å². The van der Waals surface area contributed by atoms with Crippen molar-refractivity contribution in [2.45, 2.75) is 0 Å². The first-order chi connectivity index (χ1) is 11.7. The smallest absolute Gasteiger partial charge is 0.282 e. The largest absolute Gasteiger partial charge is 0.494 e. The molecule has 0 spiro atoms. The van der Waals surface area contributed by atoms with Gasteiger partial charge in [-0.25, -0.2) is 8.42 Å². The molecule has 0 radical (unpaired) electrons. The average molecular weight is 365 g/mol. The van der Waals surface area contributed by atoms with E-state index < -0.39 is 20.9 Å². The van der Waals surface area contributed by atoms with E-state index in [9.17, 15) is 23.3 Å². The Morgan fingerprint density at radius 3 is 2.48 bits per heavy atom. The highest BCUT2D eigenvalue weighted by molar-refractivity contribution is 7.92. The van der Waals surface area contributed by atoms with Crippen LogP contribution in [-0.2, 0) is 10.0 Å². The zero-order valence-corrected chi connectivity index (χ0v) is 14.2. The number of carbonyl (C=O) groups is 1. The molecule has 9 nitrogen and oxygen atoms in total. The van der Waals surface area contributed by atoms with Gasteiger partial charge in [-0.15, -0.1) is 0 Å². The van der Waals surface area contributed by atoms with Crippen molar-refractivity contribution in [3.8, 4) is 5.75 Å². The first-order valence-corrected chi connectivity index (χ1v) is 8.81. The van der Waals surface area contributed by atoms with Gasteiger partial charge in [0.05, 0.1) is 24.0 Å². The van der Waals surface area contributed by atoms with E-state index in [1.807, 2.05) is 0 Å². The zero-order chi connectivity index (χ0) is 18.6. The van der Waals surface area contributed by atoms with Crippen molar-refractivity contribution in [1.82, 2.24) is 0 Å². The van der Waals surface area contributed by atoms with Crippen molar-refractivity contribution < 1.29 is 22.9 Å². The molecule has 25 heavy (non-hydrogen) atoms. The summed E-state index contributed by atoms with van der Waals surface area (Å²) in [6.07, 6.45) is 0.997. The third-order valence-corrected chi connectivity index (χ3v) is 3.69. The standard InChI is InChI=1S/C15H15N3O6S/c1-24-14-9-10(7-8-12(14)17-25(2,22)23)16-15(19)11-5-3-4-6-13(11)18(20)21/h3-9,17H,1-2H3,(H,16,19). The monoisotopic (exact) mass is 365 g/mol. The Balaban J connectivity index is 2.29. The predicted octanol–water partition coefficient (Wildman–Crippen LogP) is 2.23. The number of nitro benzene ring substituents is 1. The summed E-state index contributed by atoms with van der Waals surface area (Å²) in [7, 11) is -2.15. The molecule has 10 heteroatoms. The molecule has 0 atom stereocenters. The normalized spacial score (nSPS) is 10.8. The van der Waals surface area contributed by atoms with E-state index in [2.05, 4.69) is 10.0 Å².